The van der Waals surface area contributed by atoms with Crippen LogP contribution >= 0.6 is 0 Å². The summed E-state index contributed by atoms with van der Waals surface area (Å²) >= 11 is 0. The first-order valence-corrected chi connectivity index (χ1v) is 13.4. The summed E-state index contributed by atoms with van der Waals surface area (Å²) in [4.78, 5) is 40.5. The quantitative estimate of drug-likeness (QED) is 0.201. The number of H-pyrrole nitrogens is 1. The number of nitrogens with one attached hydrogen (secondary N) is 1. The van der Waals surface area contributed by atoms with Gasteiger partial charge in [0.25, 0.3) is 0 Å². The molecule has 1 aliphatic rings. The van der Waals surface area contributed by atoms with Crippen molar-refractivity contribution in [3.05, 3.63) is 61.2 Å². The summed E-state index contributed by atoms with van der Waals surface area (Å²) in [5, 5.41) is 29.4. The number of hydrogen-bond donors (Lipinski definition) is 4. The highest BCUT2D eigenvalue weighted by molar-refractivity contribution is 5.93. The fourth-order valence-electron chi connectivity index (χ4n) is 3.85. The van der Waals surface area contributed by atoms with E-state index in [1.807, 2.05) is 24.5 Å². The lowest BCUT2D eigenvalue weighted by Crippen LogP contribution is -2.46. The summed E-state index contributed by atoms with van der Waals surface area (Å²) in [5.41, 5.74) is 4.35. The van der Waals surface area contributed by atoms with Gasteiger partial charge in [0.2, 0.25) is 0 Å². The Morgan fingerprint density at radius 2 is 1.20 bits per heavy atom. The second-order valence-corrected chi connectivity index (χ2v) is 9.50. The Kier molecular flexibility index (Phi) is 13.7. The van der Waals surface area contributed by atoms with Crippen molar-refractivity contribution in [3.63, 3.8) is 0 Å². The van der Waals surface area contributed by atoms with Crippen LogP contribution in [0.2, 0.25) is 0 Å². The zero-order valence-electron chi connectivity index (χ0n) is 25.2. The highest BCUT2D eigenvalue weighted by atomic mass is 19.4. The van der Waals surface area contributed by atoms with E-state index in [4.69, 9.17) is 34.4 Å². The van der Waals surface area contributed by atoms with Gasteiger partial charge in [0.1, 0.15) is 17.9 Å². The number of rotatable bonds is 4. The lowest BCUT2D eigenvalue weighted by Gasteiger charge is -2.37. The molecule has 0 atom stereocenters. The van der Waals surface area contributed by atoms with E-state index < -0.39 is 36.4 Å². The lowest BCUT2D eigenvalue weighted by molar-refractivity contribution is -0.193. The van der Waals surface area contributed by atoms with Gasteiger partial charge >= 0.3 is 36.4 Å². The number of piperazine rings is 1. The standard InChI is InChI=1S/C22H22N6O.3C2HF3O2/c1-29-19-5-3-18(4-6-19)27-8-10-28(11-9-27)22-20-12-16(17-13-25-26-14-17)2-7-21(20)23-15-24-22;3*3-2(4,5)1(6)7/h2-7,12-15H,8-11H2,1H3,(H,25,26);3*(H,6,7). The van der Waals surface area contributed by atoms with Gasteiger partial charge in [0, 0.05) is 49.0 Å². The van der Waals surface area contributed by atoms with Gasteiger partial charge in [0.15, 0.2) is 0 Å². The Bertz CT molecular complexity index is 1650. The molecule has 13 nitrogen and oxygen atoms in total. The number of aromatic nitrogens is 4. The van der Waals surface area contributed by atoms with E-state index in [0.717, 1.165) is 59.8 Å². The van der Waals surface area contributed by atoms with Crippen LogP contribution < -0.4 is 14.5 Å². The number of ether oxygens (including phenoxy) is 1. The molecule has 0 unspecified atom stereocenters. The third-order valence-corrected chi connectivity index (χ3v) is 6.19. The second kappa shape index (κ2) is 17.0. The van der Waals surface area contributed by atoms with Crippen molar-refractivity contribution in [2.24, 2.45) is 0 Å². The van der Waals surface area contributed by atoms with Crippen molar-refractivity contribution in [3.8, 4) is 16.9 Å². The minimum atomic E-state index is -5.08. The first-order chi connectivity index (χ1) is 23.1. The molecular formula is C28H25F9N6O7. The number of hydrogen-bond acceptors (Lipinski definition) is 9. The number of aliphatic carboxylic acids is 3. The van der Waals surface area contributed by atoms with Crippen molar-refractivity contribution in [2.75, 3.05) is 43.1 Å². The molecule has 0 spiro atoms. The molecule has 1 aliphatic heterocycles. The molecule has 50 heavy (non-hydrogen) atoms. The smallest absolute Gasteiger partial charge is 0.490 e. The molecule has 1 fully saturated rings. The van der Waals surface area contributed by atoms with Crippen LogP contribution in [-0.4, -0.2) is 105 Å². The van der Waals surface area contributed by atoms with Crippen LogP contribution in [-0.2, 0) is 14.4 Å². The first kappa shape index (κ1) is 40.3. The summed E-state index contributed by atoms with van der Waals surface area (Å²) in [7, 11) is 1.69. The van der Waals surface area contributed by atoms with Crippen LogP contribution in [0, 0.1) is 0 Å². The summed E-state index contributed by atoms with van der Waals surface area (Å²) in [6.45, 7) is 3.71. The molecule has 0 radical (unpaired) electrons. The van der Waals surface area contributed by atoms with E-state index in [1.54, 1.807) is 13.4 Å². The number of nitrogens with zero attached hydrogens (tertiary/aromatic N) is 5. The molecule has 5 rings (SSSR count). The van der Waals surface area contributed by atoms with E-state index >= 15 is 0 Å². The Morgan fingerprint density at radius 1 is 0.720 bits per heavy atom. The van der Waals surface area contributed by atoms with Crippen molar-refractivity contribution in [1.82, 2.24) is 20.2 Å². The van der Waals surface area contributed by atoms with E-state index in [2.05, 4.69) is 60.3 Å². The van der Waals surface area contributed by atoms with E-state index in [1.165, 1.54) is 5.69 Å². The van der Waals surface area contributed by atoms with Gasteiger partial charge in [-0.25, -0.2) is 24.4 Å². The van der Waals surface area contributed by atoms with Crippen molar-refractivity contribution in [2.45, 2.75) is 18.5 Å². The van der Waals surface area contributed by atoms with Gasteiger partial charge in [-0.15, -0.1) is 0 Å². The van der Waals surface area contributed by atoms with E-state index in [0.29, 0.717) is 0 Å². The fraction of sp³-hybridized carbons (Fsp3) is 0.286. The molecular weight excluding hydrogens is 703 g/mol. The maximum Gasteiger partial charge on any atom is 0.490 e. The SMILES string of the molecule is COc1ccc(N2CCN(c3ncnc4ccc(-c5cn[nH]c5)cc34)CC2)cc1.O=C(O)C(F)(F)F.O=C(O)C(F)(F)F.O=C(O)C(F)(F)F. The normalized spacial score (nSPS) is 13.1. The Hall–Kier alpha value is -5.83. The molecule has 272 valence electrons. The number of methoxy groups -OCH3 is 1. The van der Waals surface area contributed by atoms with Crippen LogP contribution in [0.5, 0.6) is 5.75 Å². The van der Waals surface area contributed by atoms with Crippen LogP contribution in [0.3, 0.4) is 0 Å². The molecule has 0 bridgehead atoms. The molecule has 0 amide bonds. The minimum Gasteiger partial charge on any atom is -0.497 e. The molecule has 22 heteroatoms. The number of benzene rings is 2. The Labute approximate surface area is 274 Å². The zero-order chi connectivity index (χ0) is 37.9. The fourth-order valence-corrected chi connectivity index (χ4v) is 3.85. The van der Waals surface area contributed by atoms with E-state index in [-0.39, 0.29) is 0 Å². The number of anilines is 2. The van der Waals surface area contributed by atoms with Crippen LogP contribution in [0.15, 0.2) is 61.2 Å². The predicted octanol–water partition coefficient (Wildman–Crippen LogP) is 5.26. The first-order valence-electron chi connectivity index (χ1n) is 13.4. The van der Waals surface area contributed by atoms with Gasteiger partial charge in [-0.05, 0) is 42.0 Å². The molecule has 0 saturated carbocycles. The second-order valence-electron chi connectivity index (χ2n) is 9.50. The summed E-state index contributed by atoms with van der Waals surface area (Å²) in [6.07, 6.45) is -9.86. The van der Waals surface area contributed by atoms with Crippen LogP contribution in [0.1, 0.15) is 0 Å². The third-order valence-electron chi connectivity index (χ3n) is 6.19. The summed E-state index contributed by atoms with van der Waals surface area (Å²) in [6, 6.07) is 14.5. The number of carboxylic acids is 3. The summed E-state index contributed by atoms with van der Waals surface area (Å²) < 4.78 is 100. The molecule has 4 N–H and O–H groups in total. The maximum absolute atomic E-state index is 10.6. The number of alkyl halides is 9. The Morgan fingerprint density at radius 3 is 1.62 bits per heavy atom. The van der Waals surface area contributed by atoms with Crippen molar-refractivity contribution < 1.29 is 74.0 Å². The molecule has 3 heterocycles. The average Bonchev–Trinajstić information content (AvgIpc) is 3.59. The van der Waals surface area contributed by atoms with Gasteiger partial charge in [-0.2, -0.15) is 44.6 Å². The third kappa shape index (κ3) is 12.3. The molecule has 2 aromatic heterocycles. The zero-order valence-corrected chi connectivity index (χ0v) is 25.2. The topological polar surface area (TPSA) is 182 Å². The molecule has 4 aromatic rings. The number of fused-ring (bicyclic) bond motifs is 1. The highest BCUT2D eigenvalue weighted by Gasteiger charge is 2.39. The van der Waals surface area contributed by atoms with Crippen molar-refractivity contribution >= 4 is 40.3 Å². The predicted molar refractivity (Wildman–Crippen MR) is 156 cm³/mol. The average molecular weight is 729 g/mol. The lowest BCUT2D eigenvalue weighted by atomic mass is 10.1. The number of carboxylic acid groups (broad SMARTS) is 3. The number of carbonyl (C=O) groups is 3. The number of aromatic amines is 1. The maximum atomic E-state index is 10.6. The largest absolute Gasteiger partial charge is 0.497 e. The molecule has 2 aromatic carbocycles. The summed E-state index contributed by atoms with van der Waals surface area (Å²) in [5.74, 6) is -6.39. The monoisotopic (exact) mass is 728 g/mol. The van der Waals surface area contributed by atoms with Gasteiger partial charge < -0.3 is 29.9 Å². The molecule has 0 aliphatic carbocycles. The van der Waals surface area contributed by atoms with Crippen LogP contribution in [0.25, 0.3) is 22.0 Å². The number of halogens is 9. The molecule has 1 saturated heterocycles. The van der Waals surface area contributed by atoms with Gasteiger partial charge in [-0.3, -0.25) is 5.10 Å². The van der Waals surface area contributed by atoms with Gasteiger partial charge in [-0.1, -0.05) is 6.07 Å². The Balaban J connectivity index is 0.000000338. The van der Waals surface area contributed by atoms with E-state index in [9.17, 15) is 39.5 Å². The minimum absolute atomic E-state index is 0.883. The van der Waals surface area contributed by atoms with Gasteiger partial charge in [0.05, 0.1) is 18.8 Å². The van der Waals surface area contributed by atoms with Crippen LogP contribution in [0.4, 0.5) is 51.0 Å². The van der Waals surface area contributed by atoms with Crippen molar-refractivity contribution in [1.29, 1.82) is 0 Å². The highest BCUT2D eigenvalue weighted by Crippen LogP contribution is 2.30.